The molecular formula is C9H9NS. The standard InChI is InChI=1S/C9H9NS/c1-7-3-4-9(11-6-10)8(2)5-7/h3-5H,1-2H3. The Morgan fingerprint density at radius 3 is 2.64 bits per heavy atom. The van der Waals surface area contributed by atoms with Crippen molar-refractivity contribution >= 4 is 11.8 Å². The maximum absolute atomic E-state index is 8.43. The van der Waals surface area contributed by atoms with Gasteiger partial charge in [-0.05, 0) is 37.2 Å². The normalized spacial score (nSPS) is 9.18. The van der Waals surface area contributed by atoms with E-state index < -0.39 is 0 Å². The average molecular weight is 163 g/mol. The lowest BCUT2D eigenvalue weighted by Gasteiger charge is -1.99. The lowest BCUT2D eigenvalue weighted by Crippen LogP contribution is -1.79. The number of thiocyanates is 1. The Morgan fingerprint density at radius 1 is 1.36 bits per heavy atom. The second-order valence-electron chi connectivity index (χ2n) is 2.46. The SMILES string of the molecule is Cc1ccc(SC#N)c(C)c1. The third kappa shape index (κ3) is 1.99. The fraction of sp³-hybridized carbons (Fsp3) is 0.222. The fourth-order valence-electron chi connectivity index (χ4n) is 0.963. The quantitative estimate of drug-likeness (QED) is 0.469. The molecule has 0 amide bonds. The molecule has 1 aromatic carbocycles. The highest BCUT2D eigenvalue weighted by molar-refractivity contribution is 8.03. The van der Waals surface area contributed by atoms with Gasteiger partial charge in [0.1, 0.15) is 5.40 Å². The van der Waals surface area contributed by atoms with Gasteiger partial charge in [-0.1, -0.05) is 17.7 Å². The molecule has 0 radical (unpaired) electrons. The van der Waals surface area contributed by atoms with Crippen LogP contribution in [0.5, 0.6) is 0 Å². The van der Waals surface area contributed by atoms with E-state index in [1.165, 1.54) is 22.9 Å². The van der Waals surface area contributed by atoms with Crippen LogP contribution in [0, 0.1) is 24.5 Å². The molecule has 0 heterocycles. The zero-order chi connectivity index (χ0) is 8.27. The van der Waals surface area contributed by atoms with Crippen LogP contribution in [0.2, 0.25) is 0 Å². The van der Waals surface area contributed by atoms with Gasteiger partial charge in [-0.15, -0.1) is 0 Å². The van der Waals surface area contributed by atoms with Crippen LogP contribution in [0.1, 0.15) is 11.1 Å². The molecule has 0 aliphatic carbocycles. The first kappa shape index (κ1) is 8.16. The molecule has 11 heavy (non-hydrogen) atoms. The third-order valence-corrected chi connectivity index (χ3v) is 2.26. The summed E-state index contributed by atoms with van der Waals surface area (Å²) in [6.07, 6.45) is 0. The molecule has 56 valence electrons. The number of hydrogen-bond acceptors (Lipinski definition) is 2. The molecule has 0 unspecified atom stereocenters. The summed E-state index contributed by atoms with van der Waals surface area (Å²) in [5.74, 6) is 0. The van der Waals surface area contributed by atoms with Crippen LogP contribution < -0.4 is 0 Å². The summed E-state index contributed by atoms with van der Waals surface area (Å²) in [7, 11) is 0. The fourth-order valence-corrected chi connectivity index (χ4v) is 1.42. The maximum Gasteiger partial charge on any atom is 0.138 e. The van der Waals surface area contributed by atoms with Crippen LogP contribution in [0.3, 0.4) is 0 Å². The number of hydrogen-bond donors (Lipinski definition) is 0. The van der Waals surface area contributed by atoms with E-state index in [9.17, 15) is 0 Å². The summed E-state index contributed by atoms with van der Waals surface area (Å²) >= 11 is 1.22. The molecule has 0 spiro atoms. The largest absolute Gasteiger partial charge is 0.185 e. The second-order valence-corrected chi connectivity index (χ2v) is 3.29. The molecule has 0 atom stereocenters. The predicted octanol–water partition coefficient (Wildman–Crippen LogP) is 2.88. The molecule has 0 saturated carbocycles. The molecule has 0 N–H and O–H groups in total. The van der Waals surface area contributed by atoms with Crippen LogP contribution in [-0.4, -0.2) is 0 Å². The zero-order valence-electron chi connectivity index (χ0n) is 6.59. The molecule has 1 rings (SSSR count). The van der Waals surface area contributed by atoms with Crippen molar-refractivity contribution in [2.75, 3.05) is 0 Å². The Morgan fingerprint density at radius 2 is 2.09 bits per heavy atom. The van der Waals surface area contributed by atoms with Crippen LogP contribution in [0.25, 0.3) is 0 Å². The Bertz CT molecular complexity index is 299. The van der Waals surface area contributed by atoms with Crippen molar-refractivity contribution in [3.8, 4) is 5.40 Å². The molecule has 0 aromatic heterocycles. The monoisotopic (exact) mass is 163 g/mol. The molecule has 0 bridgehead atoms. The Kier molecular flexibility index (Phi) is 2.56. The second kappa shape index (κ2) is 3.45. The molecule has 1 aromatic rings. The van der Waals surface area contributed by atoms with Gasteiger partial charge in [-0.2, -0.15) is 5.26 Å². The summed E-state index contributed by atoms with van der Waals surface area (Å²) in [6, 6.07) is 6.09. The molecule has 0 fully saturated rings. The first-order valence-corrected chi connectivity index (χ1v) is 4.19. The highest BCUT2D eigenvalue weighted by atomic mass is 32.2. The van der Waals surface area contributed by atoms with E-state index in [0.717, 1.165) is 4.90 Å². The number of nitrogens with zero attached hydrogens (tertiary/aromatic N) is 1. The van der Waals surface area contributed by atoms with E-state index in [1.54, 1.807) is 0 Å². The summed E-state index contributed by atoms with van der Waals surface area (Å²) in [5, 5.41) is 10.5. The maximum atomic E-state index is 8.43. The number of thioether (sulfide) groups is 1. The topological polar surface area (TPSA) is 23.8 Å². The Hall–Kier alpha value is -0.940. The minimum absolute atomic E-state index is 1.05. The number of aryl methyl sites for hydroxylation is 2. The first-order valence-electron chi connectivity index (χ1n) is 3.37. The van der Waals surface area contributed by atoms with Crippen molar-refractivity contribution in [2.24, 2.45) is 0 Å². The summed E-state index contributed by atoms with van der Waals surface area (Å²) < 4.78 is 0. The smallest absolute Gasteiger partial charge is 0.138 e. The van der Waals surface area contributed by atoms with Crippen molar-refractivity contribution in [3.63, 3.8) is 0 Å². The van der Waals surface area contributed by atoms with E-state index in [0.29, 0.717) is 0 Å². The van der Waals surface area contributed by atoms with E-state index in [4.69, 9.17) is 5.26 Å². The van der Waals surface area contributed by atoms with Crippen molar-refractivity contribution in [1.29, 1.82) is 5.26 Å². The molecule has 0 saturated heterocycles. The molecule has 0 aliphatic heterocycles. The van der Waals surface area contributed by atoms with Crippen LogP contribution >= 0.6 is 11.8 Å². The van der Waals surface area contributed by atoms with Gasteiger partial charge in [0.15, 0.2) is 0 Å². The minimum atomic E-state index is 1.05. The molecule has 0 aliphatic rings. The van der Waals surface area contributed by atoms with E-state index >= 15 is 0 Å². The van der Waals surface area contributed by atoms with Crippen molar-refractivity contribution in [2.45, 2.75) is 18.7 Å². The predicted molar refractivity (Wildman–Crippen MR) is 47.4 cm³/mol. The number of nitriles is 1. The van der Waals surface area contributed by atoms with E-state index in [-0.39, 0.29) is 0 Å². The highest BCUT2D eigenvalue weighted by Gasteiger charge is 1.96. The van der Waals surface area contributed by atoms with Gasteiger partial charge in [0.2, 0.25) is 0 Å². The van der Waals surface area contributed by atoms with E-state index in [1.807, 2.05) is 26.0 Å². The molecule has 2 heteroatoms. The zero-order valence-corrected chi connectivity index (χ0v) is 7.40. The Balaban J connectivity index is 3.01. The molecule has 1 nitrogen and oxygen atoms in total. The minimum Gasteiger partial charge on any atom is -0.185 e. The Labute approximate surface area is 71.0 Å². The van der Waals surface area contributed by atoms with Crippen molar-refractivity contribution in [1.82, 2.24) is 0 Å². The lowest BCUT2D eigenvalue weighted by atomic mass is 10.2. The first-order chi connectivity index (χ1) is 5.24. The van der Waals surface area contributed by atoms with Crippen LogP contribution in [-0.2, 0) is 0 Å². The van der Waals surface area contributed by atoms with Gasteiger partial charge < -0.3 is 0 Å². The number of rotatable bonds is 1. The van der Waals surface area contributed by atoms with Crippen LogP contribution in [0.15, 0.2) is 23.1 Å². The average Bonchev–Trinajstić information content (AvgIpc) is 1.95. The van der Waals surface area contributed by atoms with Gasteiger partial charge >= 0.3 is 0 Å². The summed E-state index contributed by atoms with van der Waals surface area (Å²) in [6.45, 7) is 4.07. The van der Waals surface area contributed by atoms with Crippen molar-refractivity contribution in [3.05, 3.63) is 29.3 Å². The van der Waals surface area contributed by atoms with Gasteiger partial charge in [0.05, 0.1) is 0 Å². The number of benzene rings is 1. The third-order valence-electron chi connectivity index (χ3n) is 1.49. The lowest BCUT2D eigenvalue weighted by molar-refractivity contribution is 1.27. The summed E-state index contributed by atoms with van der Waals surface area (Å²) in [5.41, 5.74) is 2.42. The molecular weight excluding hydrogens is 154 g/mol. The van der Waals surface area contributed by atoms with Gasteiger partial charge in [0, 0.05) is 4.90 Å². The van der Waals surface area contributed by atoms with Gasteiger partial charge in [-0.25, -0.2) is 0 Å². The van der Waals surface area contributed by atoms with Gasteiger partial charge in [0.25, 0.3) is 0 Å². The van der Waals surface area contributed by atoms with Crippen molar-refractivity contribution < 1.29 is 0 Å². The van der Waals surface area contributed by atoms with Gasteiger partial charge in [-0.3, -0.25) is 0 Å². The highest BCUT2D eigenvalue weighted by Crippen LogP contribution is 2.21. The van der Waals surface area contributed by atoms with E-state index in [2.05, 4.69) is 11.5 Å². The van der Waals surface area contributed by atoms with Crippen LogP contribution in [0.4, 0.5) is 0 Å². The summed E-state index contributed by atoms with van der Waals surface area (Å²) in [4.78, 5) is 1.05.